The van der Waals surface area contributed by atoms with Crippen LogP contribution in [0.2, 0.25) is 0 Å². The van der Waals surface area contributed by atoms with E-state index in [1.807, 2.05) is 20.8 Å². The first-order valence-electron chi connectivity index (χ1n) is 6.38. The van der Waals surface area contributed by atoms with Gasteiger partial charge in [-0.25, -0.2) is 0 Å². The van der Waals surface area contributed by atoms with Crippen molar-refractivity contribution in [3.8, 4) is 0 Å². The van der Waals surface area contributed by atoms with Gasteiger partial charge in [0.25, 0.3) is 0 Å². The summed E-state index contributed by atoms with van der Waals surface area (Å²) in [5, 5.41) is 6.94. The second kappa shape index (κ2) is 9.37. The van der Waals surface area contributed by atoms with E-state index in [-0.39, 0.29) is 18.0 Å². The first-order chi connectivity index (χ1) is 7.69. The third-order valence-electron chi connectivity index (χ3n) is 2.92. The lowest BCUT2D eigenvalue weighted by Crippen LogP contribution is -2.23. The number of rotatable bonds is 9. The van der Waals surface area contributed by atoms with Crippen molar-refractivity contribution in [1.82, 2.24) is 0 Å². The number of carbonyl (C=O) groups excluding carboxylic acids is 1. The van der Waals surface area contributed by atoms with Crippen LogP contribution in [0.3, 0.4) is 0 Å². The van der Waals surface area contributed by atoms with Crippen LogP contribution >= 0.6 is 0 Å². The Balaban J connectivity index is 4.03. The molecule has 0 fully saturated rings. The van der Waals surface area contributed by atoms with Crippen molar-refractivity contribution in [3.05, 3.63) is 0 Å². The Kier molecular flexibility index (Phi) is 8.87. The monoisotopic (exact) mass is 227 g/mol. The topological polar surface area (TPSA) is 50.2 Å². The molecule has 0 heterocycles. The van der Waals surface area contributed by atoms with Crippen LogP contribution < -0.4 is 0 Å². The molecule has 0 bridgehead atoms. The van der Waals surface area contributed by atoms with Gasteiger partial charge in [-0.2, -0.15) is 0 Å². The zero-order valence-electron chi connectivity index (χ0n) is 10.8. The fourth-order valence-corrected chi connectivity index (χ4v) is 1.67. The molecule has 1 unspecified atom stereocenters. The molecule has 0 radical (unpaired) electrons. The van der Waals surface area contributed by atoms with E-state index in [1.54, 1.807) is 0 Å². The molecule has 0 aromatic carbocycles. The number of nitrogens with one attached hydrogen (secondary N) is 1. The van der Waals surface area contributed by atoms with Gasteiger partial charge in [0.15, 0.2) is 0 Å². The first kappa shape index (κ1) is 15.1. The van der Waals surface area contributed by atoms with Crippen LogP contribution in [0, 0.1) is 11.3 Å². The standard InChI is InChI=1S/C13H25NO2/c1-4-11(9-7-8-10-14)13(15)16-12(5-2)6-3/h10-12,14H,4-9H2,1-3H3. The Hall–Kier alpha value is -0.860. The molecule has 0 spiro atoms. The molecule has 0 aliphatic rings. The van der Waals surface area contributed by atoms with Gasteiger partial charge in [0.05, 0.1) is 5.92 Å². The molecule has 0 saturated heterocycles. The average molecular weight is 227 g/mol. The summed E-state index contributed by atoms with van der Waals surface area (Å²) in [4.78, 5) is 11.8. The molecule has 0 amide bonds. The Morgan fingerprint density at radius 3 is 2.31 bits per heavy atom. The van der Waals surface area contributed by atoms with Crippen LogP contribution in [0.15, 0.2) is 0 Å². The number of unbranched alkanes of at least 4 members (excludes halogenated alkanes) is 1. The normalized spacial score (nSPS) is 12.5. The molecule has 3 heteroatoms. The second-order valence-corrected chi connectivity index (χ2v) is 4.12. The maximum Gasteiger partial charge on any atom is 0.309 e. The van der Waals surface area contributed by atoms with Gasteiger partial charge in [-0.1, -0.05) is 20.8 Å². The Morgan fingerprint density at radius 1 is 1.25 bits per heavy atom. The first-order valence-corrected chi connectivity index (χ1v) is 6.38. The fraction of sp³-hybridized carbons (Fsp3) is 0.846. The van der Waals surface area contributed by atoms with Crippen molar-refractivity contribution in [3.63, 3.8) is 0 Å². The minimum atomic E-state index is -0.0545. The Labute approximate surface area is 99.1 Å². The summed E-state index contributed by atoms with van der Waals surface area (Å²) in [6.07, 6.45) is 6.58. The molecule has 94 valence electrons. The smallest absolute Gasteiger partial charge is 0.309 e. The van der Waals surface area contributed by atoms with Crippen LogP contribution in [0.25, 0.3) is 0 Å². The predicted molar refractivity (Wildman–Crippen MR) is 66.9 cm³/mol. The maximum atomic E-state index is 11.8. The number of hydrogen-bond donors (Lipinski definition) is 1. The number of carbonyl (C=O) groups is 1. The molecule has 1 N–H and O–H groups in total. The fourth-order valence-electron chi connectivity index (χ4n) is 1.67. The highest BCUT2D eigenvalue weighted by Gasteiger charge is 2.20. The van der Waals surface area contributed by atoms with E-state index in [0.717, 1.165) is 38.5 Å². The van der Waals surface area contributed by atoms with E-state index in [9.17, 15) is 4.79 Å². The van der Waals surface area contributed by atoms with E-state index in [4.69, 9.17) is 10.1 Å². The summed E-state index contributed by atoms with van der Waals surface area (Å²) in [5.74, 6) is -0.0401. The highest BCUT2D eigenvalue weighted by Crippen LogP contribution is 2.16. The molecule has 0 aliphatic carbocycles. The summed E-state index contributed by atoms with van der Waals surface area (Å²) in [6, 6.07) is 0. The van der Waals surface area contributed by atoms with Crippen molar-refractivity contribution in [2.45, 2.75) is 65.4 Å². The van der Waals surface area contributed by atoms with Crippen molar-refractivity contribution in [2.24, 2.45) is 5.92 Å². The lowest BCUT2D eigenvalue weighted by atomic mass is 9.99. The summed E-state index contributed by atoms with van der Waals surface area (Å²) in [6.45, 7) is 6.10. The third-order valence-corrected chi connectivity index (χ3v) is 2.92. The highest BCUT2D eigenvalue weighted by molar-refractivity contribution is 5.72. The summed E-state index contributed by atoms with van der Waals surface area (Å²) in [7, 11) is 0. The van der Waals surface area contributed by atoms with Crippen molar-refractivity contribution in [2.75, 3.05) is 0 Å². The zero-order chi connectivity index (χ0) is 12.4. The van der Waals surface area contributed by atoms with Gasteiger partial charge in [-0.05, 0) is 44.7 Å². The predicted octanol–water partition coefficient (Wildman–Crippen LogP) is 3.56. The number of hydrogen-bond acceptors (Lipinski definition) is 3. The average Bonchev–Trinajstić information content (AvgIpc) is 2.31. The van der Waals surface area contributed by atoms with Crippen molar-refractivity contribution >= 4 is 12.2 Å². The summed E-state index contributed by atoms with van der Waals surface area (Å²) in [5.41, 5.74) is 0. The quantitative estimate of drug-likeness (QED) is 0.372. The highest BCUT2D eigenvalue weighted by atomic mass is 16.5. The molecule has 0 aliphatic heterocycles. The van der Waals surface area contributed by atoms with Gasteiger partial charge in [0, 0.05) is 0 Å². The van der Waals surface area contributed by atoms with Crippen LogP contribution in [-0.2, 0) is 9.53 Å². The minimum Gasteiger partial charge on any atom is -0.462 e. The zero-order valence-corrected chi connectivity index (χ0v) is 10.8. The van der Waals surface area contributed by atoms with Crippen LogP contribution in [0.1, 0.15) is 59.3 Å². The van der Waals surface area contributed by atoms with Crippen molar-refractivity contribution in [1.29, 1.82) is 5.41 Å². The lowest BCUT2D eigenvalue weighted by molar-refractivity contribution is -0.154. The Morgan fingerprint density at radius 2 is 1.88 bits per heavy atom. The van der Waals surface area contributed by atoms with Gasteiger partial charge in [0.2, 0.25) is 0 Å². The largest absolute Gasteiger partial charge is 0.462 e. The van der Waals surface area contributed by atoms with E-state index in [1.165, 1.54) is 6.21 Å². The molecule has 0 rings (SSSR count). The third kappa shape index (κ3) is 5.89. The number of ether oxygens (including phenoxy) is 1. The van der Waals surface area contributed by atoms with Crippen molar-refractivity contribution < 1.29 is 9.53 Å². The lowest BCUT2D eigenvalue weighted by Gasteiger charge is -2.19. The van der Waals surface area contributed by atoms with Gasteiger partial charge < -0.3 is 10.1 Å². The second-order valence-electron chi connectivity index (χ2n) is 4.12. The van der Waals surface area contributed by atoms with Gasteiger partial charge >= 0.3 is 5.97 Å². The molecular weight excluding hydrogens is 202 g/mol. The van der Waals surface area contributed by atoms with Crippen LogP contribution in [0.4, 0.5) is 0 Å². The molecular formula is C13H25NO2. The minimum absolute atomic E-state index is 0.0144. The van der Waals surface area contributed by atoms with Gasteiger partial charge in [-0.15, -0.1) is 0 Å². The van der Waals surface area contributed by atoms with Crippen LogP contribution in [0.5, 0.6) is 0 Å². The van der Waals surface area contributed by atoms with Gasteiger partial charge in [-0.3, -0.25) is 4.79 Å². The van der Waals surface area contributed by atoms with Crippen LogP contribution in [-0.4, -0.2) is 18.3 Å². The van der Waals surface area contributed by atoms with E-state index in [2.05, 4.69) is 0 Å². The molecule has 16 heavy (non-hydrogen) atoms. The summed E-state index contributed by atoms with van der Waals surface area (Å²) >= 11 is 0. The molecule has 3 nitrogen and oxygen atoms in total. The Bertz CT molecular complexity index is 200. The van der Waals surface area contributed by atoms with Gasteiger partial charge in [0.1, 0.15) is 6.10 Å². The van der Waals surface area contributed by atoms with E-state index >= 15 is 0 Å². The molecule has 0 saturated carbocycles. The molecule has 0 aromatic heterocycles. The maximum absolute atomic E-state index is 11.8. The number of esters is 1. The summed E-state index contributed by atoms with van der Waals surface area (Å²) < 4.78 is 5.44. The SMILES string of the molecule is CCC(CC)OC(=O)C(CC)CCCC=N. The van der Waals surface area contributed by atoms with E-state index in [0.29, 0.717) is 0 Å². The molecule has 1 atom stereocenters. The van der Waals surface area contributed by atoms with E-state index < -0.39 is 0 Å². The molecule has 0 aromatic rings.